The number of aromatic nitrogens is 3. The molecular formula is C26H26F3N6O2S+. The molecule has 0 bridgehead atoms. The number of pyridine rings is 1. The maximum atomic E-state index is 14.8. The minimum absolute atomic E-state index is 0.0182. The van der Waals surface area contributed by atoms with Gasteiger partial charge in [0.1, 0.15) is 30.0 Å². The van der Waals surface area contributed by atoms with Crippen molar-refractivity contribution in [2.75, 3.05) is 16.8 Å². The Hall–Kier alpha value is -3.59. The number of hydrogen-bond acceptors (Lipinski definition) is 7. The van der Waals surface area contributed by atoms with Crippen molar-refractivity contribution in [2.45, 2.75) is 50.1 Å². The summed E-state index contributed by atoms with van der Waals surface area (Å²) in [5.41, 5.74) is -1.68. The van der Waals surface area contributed by atoms with Gasteiger partial charge >= 0.3 is 0 Å². The van der Waals surface area contributed by atoms with Gasteiger partial charge in [-0.1, -0.05) is 18.2 Å². The smallest absolute Gasteiger partial charge is 0.266 e. The third-order valence-electron chi connectivity index (χ3n) is 7.32. The van der Waals surface area contributed by atoms with E-state index >= 15 is 0 Å². The first-order valence-electron chi connectivity index (χ1n) is 12.2. The standard InChI is InChI=1S/C26H25F3N6O2S/c1-15(17-4-3-5-18(21(17)27)22(28)29)33-23-19-12-20(25(36)35(2)24(19)32-14-31-23)26(13-30)8-10-38(37,11-9-26)34-16-6-7-16/h3-6,12,14-16,22H,7-11H2,1-2H3/p+1/t15-,16?,26?,38?/m1/s1. The fourth-order valence-corrected chi connectivity index (χ4v) is 7.33. The van der Waals surface area contributed by atoms with Crippen LogP contribution in [0.1, 0.15) is 55.3 Å². The molecule has 0 radical (unpaired) electrons. The Bertz CT molecular complexity index is 1620. The van der Waals surface area contributed by atoms with Gasteiger partial charge < -0.3 is 5.32 Å². The van der Waals surface area contributed by atoms with Crippen molar-refractivity contribution < 1.29 is 17.4 Å². The Morgan fingerprint density at radius 3 is 2.61 bits per heavy atom. The molecule has 38 heavy (non-hydrogen) atoms. The van der Waals surface area contributed by atoms with E-state index in [0.717, 1.165) is 12.5 Å². The Morgan fingerprint density at radius 2 is 1.97 bits per heavy atom. The van der Waals surface area contributed by atoms with Crippen LogP contribution in [0.25, 0.3) is 11.0 Å². The zero-order chi connectivity index (χ0) is 27.2. The van der Waals surface area contributed by atoms with E-state index in [2.05, 4.69) is 25.7 Å². The number of rotatable bonds is 6. The second kappa shape index (κ2) is 9.62. The number of aryl methyl sites for hydroxylation is 1. The van der Waals surface area contributed by atoms with Crippen LogP contribution in [-0.4, -0.2) is 36.3 Å². The van der Waals surface area contributed by atoms with Gasteiger partial charge in [-0.2, -0.15) is 9.62 Å². The van der Waals surface area contributed by atoms with Gasteiger partial charge in [-0.15, -0.1) is 0 Å². The normalized spacial score (nSPS) is 25.4. The fraction of sp³-hybridized carbons (Fsp3) is 0.423. The maximum Gasteiger partial charge on any atom is 0.266 e. The van der Waals surface area contributed by atoms with Crippen LogP contribution in [-0.2, 0) is 22.2 Å². The van der Waals surface area contributed by atoms with Crippen molar-refractivity contribution in [3.63, 3.8) is 0 Å². The molecule has 1 aliphatic heterocycles. The number of halogens is 3. The molecule has 2 fully saturated rings. The Kier molecular flexibility index (Phi) is 6.59. The van der Waals surface area contributed by atoms with E-state index in [-0.39, 0.29) is 53.0 Å². The highest BCUT2D eigenvalue weighted by atomic mass is 32.2. The summed E-state index contributed by atoms with van der Waals surface area (Å²) in [6.07, 6.45) is 1.52. The lowest BCUT2D eigenvalue weighted by molar-refractivity contribution is 0.146. The molecule has 12 heteroatoms. The van der Waals surface area contributed by atoms with E-state index < -0.39 is 44.6 Å². The monoisotopic (exact) mass is 543 g/mol. The van der Waals surface area contributed by atoms with E-state index in [1.165, 1.54) is 30.1 Å². The lowest BCUT2D eigenvalue weighted by atomic mass is 9.77. The average Bonchev–Trinajstić information content (AvgIpc) is 3.71. The predicted molar refractivity (Wildman–Crippen MR) is 138 cm³/mol. The number of nitriles is 1. The first kappa shape index (κ1) is 26.0. The largest absolute Gasteiger partial charge is 0.363 e. The summed E-state index contributed by atoms with van der Waals surface area (Å²) >= 11 is 0. The summed E-state index contributed by atoms with van der Waals surface area (Å²) < 4.78 is 60.2. The molecule has 198 valence electrons. The molecule has 3 heterocycles. The van der Waals surface area contributed by atoms with Crippen molar-refractivity contribution in [2.24, 2.45) is 11.4 Å². The molecular weight excluding hydrogens is 517 g/mol. The molecule has 8 nitrogen and oxygen atoms in total. The van der Waals surface area contributed by atoms with Gasteiger partial charge in [0.05, 0.1) is 38.2 Å². The number of nitrogens with zero attached hydrogens (tertiary/aromatic N) is 5. The van der Waals surface area contributed by atoms with Gasteiger partial charge in [-0.3, -0.25) is 9.36 Å². The van der Waals surface area contributed by atoms with E-state index in [1.54, 1.807) is 13.0 Å². The van der Waals surface area contributed by atoms with E-state index in [0.29, 0.717) is 5.39 Å². The molecule has 1 aliphatic carbocycles. The maximum absolute atomic E-state index is 14.8. The second-order valence-corrected chi connectivity index (χ2v) is 12.4. The van der Waals surface area contributed by atoms with Gasteiger partial charge in [-0.25, -0.2) is 27.3 Å². The number of nitrogens with one attached hydrogen (secondary N) is 1. The van der Waals surface area contributed by atoms with Gasteiger partial charge in [0, 0.05) is 29.7 Å². The number of alkyl halides is 2. The van der Waals surface area contributed by atoms with Gasteiger partial charge in [0.15, 0.2) is 6.42 Å². The molecule has 1 saturated heterocycles. The molecule has 2 aliphatic rings. The quantitative estimate of drug-likeness (QED) is 0.456. The highest BCUT2D eigenvalue weighted by molar-refractivity contribution is 7.93. The molecule has 1 unspecified atom stereocenters. The van der Waals surface area contributed by atoms with Crippen molar-refractivity contribution in [1.82, 2.24) is 14.5 Å². The number of fused-ring (bicyclic) bond motifs is 1. The van der Waals surface area contributed by atoms with Crippen LogP contribution in [0.2, 0.25) is 0 Å². The molecule has 1 saturated carbocycles. The SMILES string of the molecule is C[C@@H](Nc1ncnc2c1cc(C1(C#N)CCS(=O)(=NC3[CH+]C3)CC1)c(=O)n2C)c1cccc(C(F)F)c1F. The number of hydrogen-bond donors (Lipinski definition) is 1. The molecule has 1 aromatic carbocycles. The van der Waals surface area contributed by atoms with E-state index in [9.17, 15) is 27.4 Å². The van der Waals surface area contributed by atoms with Crippen LogP contribution < -0.4 is 10.9 Å². The second-order valence-electron chi connectivity index (χ2n) is 9.82. The van der Waals surface area contributed by atoms with Crippen molar-refractivity contribution in [1.29, 1.82) is 5.26 Å². The molecule has 5 rings (SSSR count). The summed E-state index contributed by atoms with van der Waals surface area (Å²) in [4.78, 5) is 21.9. The summed E-state index contributed by atoms with van der Waals surface area (Å²) in [5, 5.41) is 13.7. The van der Waals surface area contributed by atoms with Gasteiger partial charge in [0.2, 0.25) is 6.04 Å². The Labute approximate surface area is 218 Å². The third kappa shape index (κ3) is 4.60. The van der Waals surface area contributed by atoms with Crippen molar-refractivity contribution >= 4 is 26.6 Å². The molecule has 1 N–H and O–H groups in total. The third-order valence-corrected chi connectivity index (χ3v) is 9.66. The van der Waals surface area contributed by atoms with E-state index in [1.807, 2.05) is 6.42 Å². The first-order chi connectivity index (χ1) is 18.1. The topological polar surface area (TPSA) is 113 Å². The van der Waals surface area contributed by atoms with Crippen molar-refractivity contribution in [3.8, 4) is 6.07 Å². The minimum Gasteiger partial charge on any atom is -0.363 e. The fourth-order valence-electron chi connectivity index (χ4n) is 4.92. The molecule has 3 aromatic rings. The molecule has 0 amide bonds. The van der Waals surface area contributed by atoms with Crippen LogP contribution in [0.15, 0.2) is 39.8 Å². The van der Waals surface area contributed by atoms with Crippen LogP contribution >= 0.6 is 0 Å². The van der Waals surface area contributed by atoms with E-state index in [4.69, 9.17) is 0 Å². The van der Waals surface area contributed by atoms with Gasteiger partial charge in [0.25, 0.3) is 12.0 Å². The van der Waals surface area contributed by atoms with Crippen LogP contribution in [0.3, 0.4) is 0 Å². The molecule has 0 spiro atoms. The first-order valence-corrected chi connectivity index (χ1v) is 14.1. The van der Waals surface area contributed by atoms with Crippen molar-refractivity contribution in [3.05, 3.63) is 69.9 Å². The van der Waals surface area contributed by atoms with Crippen LogP contribution in [0.4, 0.5) is 19.0 Å². The predicted octanol–water partition coefficient (Wildman–Crippen LogP) is 4.58. The summed E-state index contributed by atoms with van der Waals surface area (Å²) in [6, 6.07) is 6.97. The number of benzene rings is 1. The highest BCUT2D eigenvalue weighted by Crippen LogP contribution is 2.38. The Morgan fingerprint density at radius 1 is 1.29 bits per heavy atom. The lowest BCUT2D eigenvalue weighted by Crippen LogP contribution is -2.41. The molecule has 2 atom stereocenters. The summed E-state index contributed by atoms with van der Waals surface area (Å²) in [7, 11) is -0.905. The van der Waals surface area contributed by atoms with Gasteiger partial charge in [-0.05, 0) is 25.8 Å². The minimum atomic E-state index is -2.96. The number of anilines is 1. The highest BCUT2D eigenvalue weighted by Gasteiger charge is 2.43. The zero-order valence-electron chi connectivity index (χ0n) is 20.8. The van der Waals surface area contributed by atoms with Crippen LogP contribution in [0, 0.1) is 23.6 Å². The zero-order valence-corrected chi connectivity index (χ0v) is 21.6. The average molecular weight is 544 g/mol. The van der Waals surface area contributed by atoms with Crippen LogP contribution in [0.5, 0.6) is 0 Å². The summed E-state index contributed by atoms with van der Waals surface area (Å²) in [5.74, 6) is -0.302. The lowest BCUT2D eigenvalue weighted by Gasteiger charge is -2.32. The summed E-state index contributed by atoms with van der Waals surface area (Å²) in [6.45, 7) is 1.61. The Balaban J connectivity index is 1.55. The molecule has 2 aromatic heterocycles.